The molecule has 2 rings (SSSR count). The van der Waals surface area contributed by atoms with Gasteiger partial charge in [0.25, 0.3) is 0 Å². The molecule has 1 heterocycles. The molecule has 1 aromatic carbocycles. The SMILES string of the molecule is CCCNC(Cc1cc(Br)ccc1F)C1CCCOC1. The van der Waals surface area contributed by atoms with Crippen LogP contribution < -0.4 is 5.32 Å². The molecular formula is C16H23BrFNO. The van der Waals surface area contributed by atoms with E-state index in [4.69, 9.17) is 4.74 Å². The molecule has 0 aliphatic carbocycles. The van der Waals surface area contributed by atoms with Crippen LogP contribution in [0.15, 0.2) is 22.7 Å². The van der Waals surface area contributed by atoms with Crippen molar-refractivity contribution >= 4 is 15.9 Å². The molecule has 112 valence electrons. The second-order valence-electron chi connectivity index (χ2n) is 5.48. The van der Waals surface area contributed by atoms with E-state index in [0.717, 1.165) is 55.5 Å². The van der Waals surface area contributed by atoms with Crippen LogP contribution in [0.2, 0.25) is 0 Å². The molecule has 0 bridgehead atoms. The van der Waals surface area contributed by atoms with Crippen LogP contribution >= 0.6 is 15.9 Å². The Hall–Kier alpha value is -0.450. The molecule has 20 heavy (non-hydrogen) atoms. The average molecular weight is 344 g/mol. The summed E-state index contributed by atoms with van der Waals surface area (Å²) in [5, 5.41) is 3.57. The Morgan fingerprint density at radius 3 is 3.05 bits per heavy atom. The van der Waals surface area contributed by atoms with Gasteiger partial charge in [0.2, 0.25) is 0 Å². The summed E-state index contributed by atoms with van der Waals surface area (Å²) in [5.74, 6) is 0.363. The van der Waals surface area contributed by atoms with Crippen LogP contribution in [0.1, 0.15) is 31.7 Å². The van der Waals surface area contributed by atoms with Crippen molar-refractivity contribution in [3.63, 3.8) is 0 Å². The second-order valence-corrected chi connectivity index (χ2v) is 6.39. The summed E-state index contributed by atoms with van der Waals surface area (Å²) in [7, 11) is 0. The van der Waals surface area contributed by atoms with E-state index in [2.05, 4.69) is 28.2 Å². The monoisotopic (exact) mass is 343 g/mol. The summed E-state index contributed by atoms with van der Waals surface area (Å²) >= 11 is 3.42. The third kappa shape index (κ3) is 4.54. The van der Waals surface area contributed by atoms with E-state index in [1.165, 1.54) is 6.07 Å². The van der Waals surface area contributed by atoms with Gasteiger partial charge in [0.15, 0.2) is 0 Å². The van der Waals surface area contributed by atoms with Crippen molar-refractivity contribution in [2.75, 3.05) is 19.8 Å². The zero-order valence-electron chi connectivity index (χ0n) is 12.0. The number of hydrogen-bond acceptors (Lipinski definition) is 2. The van der Waals surface area contributed by atoms with Crippen molar-refractivity contribution in [1.29, 1.82) is 0 Å². The lowest BCUT2D eigenvalue weighted by Crippen LogP contribution is -2.42. The van der Waals surface area contributed by atoms with Crippen molar-refractivity contribution in [3.8, 4) is 0 Å². The van der Waals surface area contributed by atoms with Gasteiger partial charge in [0.1, 0.15) is 5.82 Å². The van der Waals surface area contributed by atoms with Gasteiger partial charge in [0.05, 0.1) is 6.61 Å². The van der Waals surface area contributed by atoms with Crippen molar-refractivity contribution in [3.05, 3.63) is 34.1 Å². The summed E-state index contributed by atoms with van der Waals surface area (Å²) in [4.78, 5) is 0. The van der Waals surface area contributed by atoms with Gasteiger partial charge in [-0.05, 0) is 61.9 Å². The van der Waals surface area contributed by atoms with E-state index >= 15 is 0 Å². The molecule has 0 radical (unpaired) electrons. The molecule has 4 heteroatoms. The van der Waals surface area contributed by atoms with Crippen molar-refractivity contribution in [2.24, 2.45) is 5.92 Å². The molecule has 2 atom stereocenters. The van der Waals surface area contributed by atoms with Crippen LogP contribution in [-0.2, 0) is 11.2 Å². The Morgan fingerprint density at radius 2 is 2.35 bits per heavy atom. The molecule has 0 spiro atoms. The standard InChI is InChI=1S/C16H23BrFNO/c1-2-7-19-16(12-4-3-8-20-11-12)10-13-9-14(17)5-6-15(13)18/h5-6,9,12,16,19H,2-4,7-8,10-11H2,1H3. The van der Waals surface area contributed by atoms with Gasteiger partial charge < -0.3 is 10.1 Å². The highest BCUT2D eigenvalue weighted by molar-refractivity contribution is 9.10. The largest absolute Gasteiger partial charge is 0.381 e. The fourth-order valence-corrected chi connectivity index (χ4v) is 3.16. The number of benzene rings is 1. The Morgan fingerprint density at radius 1 is 1.50 bits per heavy atom. The summed E-state index contributed by atoms with van der Waals surface area (Å²) in [6.45, 7) is 4.77. The van der Waals surface area contributed by atoms with Gasteiger partial charge in [-0.1, -0.05) is 22.9 Å². The predicted molar refractivity (Wildman–Crippen MR) is 83.4 cm³/mol. The summed E-state index contributed by atoms with van der Waals surface area (Å²) in [6, 6.07) is 5.46. The Bertz CT molecular complexity index is 421. The fourth-order valence-electron chi connectivity index (χ4n) is 2.75. The zero-order valence-corrected chi connectivity index (χ0v) is 13.6. The smallest absolute Gasteiger partial charge is 0.126 e. The second kappa shape index (κ2) is 8.11. The van der Waals surface area contributed by atoms with E-state index < -0.39 is 0 Å². The van der Waals surface area contributed by atoms with E-state index in [-0.39, 0.29) is 5.82 Å². The zero-order chi connectivity index (χ0) is 14.4. The van der Waals surface area contributed by atoms with Gasteiger partial charge in [-0.25, -0.2) is 4.39 Å². The number of ether oxygens (including phenoxy) is 1. The van der Waals surface area contributed by atoms with Crippen molar-refractivity contribution in [1.82, 2.24) is 5.32 Å². The summed E-state index contributed by atoms with van der Waals surface area (Å²) in [6.07, 6.45) is 4.08. The van der Waals surface area contributed by atoms with Crippen molar-refractivity contribution < 1.29 is 9.13 Å². The fraction of sp³-hybridized carbons (Fsp3) is 0.625. The summed E-state index contributed by atoms with van der Waals surface area (Å²) < 4.78 is 20.5. The molecule has 0 saturated carbocycles. The number of nitrogens with one attached hydrogen (secondary N) is 1. The minimum absolute atomic E-state index is 0.117. The molecule has 1 aromatic rings. The summed E-state index contributed by atoms with van der Waals surface area (Å²) in [5.41, 5.74) is 0.776. The quantitative estimate of drug-likeness (QED) is 0.844. The molecule has 1 aliphatic heterocycles. The molecule has 2 unspecified atom stereocenters. The van der Waals surface area contributed by atoms with Gasteiger partial charge in [-0.15, -0.1) is 0 Å². The van der Waals surface area contributed by atoms with Crippen LogP contribution in [0.25, 0.3) is 0 Å². The Balaban J connectivity index is 2.07. The topological polar surface area (TPSA) is 21.3 Å². The maximum atomic E-state index is 13.9. The van der Waals surface area contributed by atoms with Gasteiger partial charge in [-0.3, -0.25) is 0 Å². The first-order chi connectivity index (χ1) is 9.70. The Kier molecular flexibility index (Phi) is 6.46. The molecule has 1 aliphatic rings. The maximum Gasteiger partial charge on any atom is 0.126 e. The highest BCUT2D eigenvalue weighted by atomic mass is 79.9. The Labute approximate surface area is 129 Å². The maximum absolute atomic E-state index is 13.9. The molecule has 2 nitrogen and oxygen atoms in total. The lowest BCUT2D eigenvalue weighted by molar-refractivity contribution is 0.0392. The predicted octanol–water partition coefficient (Wildman–Crippen LogP) is 3.93. The molecule has 1 fully saturated rings. The average Bonchev–Trinajstić information content (AvgIpc) is 2.48. The minimum Gasteiger partial charge on any atom is -0.381 e. The highest BCUT2D eigenvalue weighted by Gasteiger charge is 2.24. The lowest BCUT2D eigenvalue weighted by Gasteiger charge is -2.31. The van der Waals surface area contributed by atoms with E-state index in [0.29, 0.717) is 12.0 Å². The van der Waals surface area contributed by atoms with Gasteiger partial charge >= 0.3 is 0 Å². The van der Waals surface area contributed by atoms with Crippen molar-refractivity contribution in [2.45, 2.75) is 38.6 Å². The first-order valence-electron chi connectivity index (χ1n) is 7.45. The first kappa shape index (κ1) is 15.9. The number of rotatable bonds is 6. The van der Waals surface area contributed by atoms with E-state index in [1.807, 2.05) is 6.07 Å². The van der Waals surface area contributed by atoms with Crippen LogP contribution in [0, 0.1) is 11.7 Å². The van der Waals surface area contributed by atoms with Crippen LogP contribution in [0.4, 0.5) is 4.39 Å². The first-order valence-corrected chi connectivity index (χ1v) is 8.25. The number of halogens is 2. The van der Waals surface area contributed by atoms with Gasteiger partial charge in [-0.2, -0.15) is 0 Å². The normalized spacial score (nSPS) is 20.9. The molecule has 1 saturated heterocycles. The van der Waals surface area contributed by atoms with E-state index in [1.54, 1.807) is 6.07 Å². The van der Waals surface area contributed by atoms with Crippen LogP contribution in [0.3, 0.4) is 0 Å². The molecule has 0 aromatic heterocycles. The molecule has 1 N–H and O–H groups in total. The van der Waals surface area contributed by atoms with E-state index in [9.17, 15) is 4.39 Å². The number of hydrogen-bond donors (Lipinski definition) is 1. The highest BCUT2D eigenvalue weighted by Crippen LogP contribution is 2.23. The van der Waals surface area contributed by atoms with Crippen LogP contribution in [-0.4, -0.2) is 25.8 Å². The third-order valence-corrected chi connectivity index (χ3v) is 4.36. The van der Waals surface area contributed by atoms with Crippen LogP contribution in [0.5, 0.6) is 0 Å². The molecule has 0 amide bonds. The van der Waals surface area contributed by atoms with Gasteiger partial charge in [0, 0.05) is 17.1 Å². The third-order valence-electron chi connectivity index (χ3n) is 3.87. The lowest BCUT2D eigenvalue weighted by atomic mass is 9.89. The molecular weight excluding hydrogens is 321 g/mol. The minimum atomic E-state index is -0.117.